The molecular formula is C25H20ClN5S. The van der Waals surface area contributed by atoms with Crippen molar-refractivity contribution in [2.45, 2.75) is 16.8 Å². The fourth-order valence-electron chi connectivity index (χ4n) is 3.56. The monoisotopic (exact) mass is 457 g/mol. The Hall–Kier alpha value is -3.35. The lowest BCUT2D eigenvalue weighted by Crippen LogP contribution is -1.96. The van der Waals surface area contributed by atoms with Crippen molar-refractivity contribution in [1.29, 1.82) is 0 Å². The Bertz CT molecular complexity index is 1360. The second kappa shape index (κ2) is 8.65. The predicted octanol–water partition coefficient (Wildman–Crippen LogP) is 6.45. The molecule has 7 heteroatoms. The number of rotatable bonds is 5. The minimum absolute atomic E-state index is 0.721. The SMILES string of the molecule is Cc1nccn1-c1ccc(-c2nc(-c3ccccn3)n(C)c2Sc2ccc(Cl)cc2)cc1. The second-order valence-electron chi connectivity index (χ2n) is 7.31. The molecule has 0 aliphatic rings. The van der Waals surface area contributed by atoms with Crippen LogP contribution >= 0.6 is 23.4 Å². The number of aromatic nitrogens is 5. The maximum absolute atomic E-state index is 6.08. The maximum Gasteiger partial charge on any atom is 0.159 e. The third kappa shape index (κ3) is 3.95. The van der Waals surface area contributed by atoms with E-state index in [0.717, 1.165) is 49.2 Å². The third-order valence-electron chi connectivity index (χ3n) is 5.21. The minimum Gasteiger partial charge on any atom is -0.320 e. The summed E-state index contributed by atoms with van der Waals surface area (Å²) in [5, 5.41) is 1.76. The molecule has 0 aliphatic carbocycles. The Kier molecular flexibility index (Phi) is 5.55. The third-order valence-corrected chi connectivity index (χ3v) is 6.63. The molecule has 158 valence electrons. The van der Waals surface area contributed by atoms with Crippen LogP contribution in [0, 0.1) is 6.92 Å². The zero-order chi connectivity index (χ0) is 22.1. The second-order valence-corrected chi connectivity index (χ2v) is 8.81. The van der Waals surface area contributed by atoms with Crippen molar-refractivity contribution in [3.63, 3.8) is 0 Å². The fourth-order valence-corrected chi connectivity index (χ4v) is 4.66. The van der Waals surface area contributed by atoms with E-state index >= 15 is 0 Å². The van der Waals surface area contributed by atoms with Gasteiger partial charge in [0.15, 0.2) is 5.82 Å². The average molecular weight is 458 g/mol. The quantitative estimate of drug-likeness (QED) is 0.304. The van der Waals surface area contributed by atoms with E-state index in [9.17, 15) is 0 Å². The van der Waals surface area contributed by atoms with Crippen molar-refractivity contribution in [3.8, 4) is 28.5 Å². The molecule has 32 heavy (non-hydrogen) atoms. The molecule has 0 spiro atoms. The summed E-state index contributed by atoms with van der Waals surface area (Å²) in [5.74, 6) is 1.78. The van der Waals surface area contributed by atoms with Gasteiger partial charge >= 0.3 is 0 Å². The van der Waals surface area contributed by atoms with Crippen molar-refractivity contribution >= 4 is 23.4 Å². The Labute approximate surface area is 195 Å². The molecule has 3 aromatic heterocycles. The first-order valence-corrected chi connectivity index (χ1v) is 11.3. The number of imidazole rings is 2. The van der Waals surface area contributed by atoms with Gasteiger partial charge in [-0.2, -0.15) is 0 Å². The molecule has 0 aliphatic heterocycles. The van der Waals surface area contributed by atoms with E-state index in [4.69, 9.17) is 16.6 Å². The molecule has 3 heterocycles. The number of pyridine rings is 1. The number of hydrogen-bond donors (Lipinski definition) is 0. The van der Waals surface area contributed by atoms with Crippen molar-refractivity contribution < 1.29 is 0 Å². The van der Waals surface area contributed by atoms with E-state index in [1.54, 1.807) is 18.0 Å². The molecule has 2 aromatic carbocycles. The molecule has 0 bridgehead atoms. The fraction of sp³-hybridized carbons (Fsp3) is 0.0800. The molecule has 0 saturated carbocycles. The van der Waals surface area contributed by atoms with Crippen molar-refractivity contribution in [2.75, 3.05) is 0 Å². The first-order valence-electron chi connectivity index (χ1n) is 10.1. The van der Waals surface area contributed by atoms with Crippen LogP contribution in [0.4, 0.5) is 0 Å². The van der Waals surface area contributed by atoms with Crippen LogP contribution in [-0.4, -0.2) is 24.1 Å². The lowest BCUT2D eigenvalue weighted by atomic mass is 10.1. The van der Waals surface area contributed by atoms with E-state index in [1.807, 2.05) is 68.8 Å². The Morgan fingerprint density at radius 2 is 1.66 bits per heavy atom. The van der Waals surface area contributed by atoms with E-state index in [-0.39, 0.29) is 0 Å². The van der Waals surface area contributed by atoms with Crippen LogP contribution in [0.15, 0.2) is 95.2 Å². The van der Waals surface area contributed by atoms with Crippen LogP contribution in [0.25, 0.3) is 28.5 Å². The summed E-state index contributed by atoms with van der Waals surface area (Å²) in [6.07, 6.45) is 5.56. The topological polar surface area (TPSA) is 48.5 Å². The highest BCUT2D eigenvalue weighted by Gasteiger charge is 2.19. The van der Waals surface area contributed by atoms with Gasteiger partial charge in [-0.05, 0) is 55.5 Å². The average Bonchev–Trinajstić information content (AvgIpc) is 3.39. The van der Waals surface area contributed by atoms with Gasteiger partial charge in [0.2, 0.25) is 0 Å². The first-order chi connectivity index (χ1) is 15.6. The smallest absolute Gasteiger partial charge is 0.159 e. The Morgan fingerprint density at radius 3 is 2.31 bits per heavy atom. The van der Waals surface area contributed by atoms with Gasteiger partial charge in [-0.25, -0.2) is 9.97 Å². The maximum atomic E-state index is 6.08. The van der Waals surface area contributed by atoms with Crippen LogP contribution in [0.5, 0.6) is 0 Å². The lowest BCUT2D eigenvalue weighted by Gasteiger charge is -2.09. The normalized spacial score (nSPS) is 11.1. The van der Waals surface area contributed by atoms with Crippen LogP contribution in [-0.2, 0) is 7.05 Å². The van der Waals surface area contributed by atoms with Crippen molar-refractivity contribution in [1.82, 2.24) is 24.1 Å². The standard InChI is InChI=1S/C25H20ClN5S/c1-17-27-15-16-31(17)20-10-6-18(7-11-20)23-25(32-21-12-8-19(26)9-13-21)30(2)24(29-23)22-5-3-4-14-28-22/h3-16H,1-2H3. The number of hydrogen-bond acceptors (Lipinski definition) is 4. The highest BCUT2D eigenvalue weighted by atomic mass is 35.5. The molecule has 0 saturated heterocycles. The van der Waals surface area contributed by atoms with Gasteiger partial charge in [0, 0.05) is 46.8 Å². The molecule has 5 nitrogen and oxygen atoms in total. The summed E-state index contributed by atoms with van der Waals surface area (Å²) in [6.45, 7) is 1.99. The molecule has 5 rings (SSSR count). The number of benzene rings is 2. The van der Waals surface area contributed by atoms with Gasteiger partial charge in [0.05, 0.1) is 0 Å². The zero-order valence-electron chi connectivity index (χ0n) is 17.6. The molecule has 0 N–H and O–H groups in total. The summed E-state index contributed by atoms with van der Waals surface area (Å²) in [7, 11) is 2.03. The van der Waals surface area contributed by atoms with Gasteiger partial charge in [-0.3, -0.25) is 4.98 Å². The van der Waals surface area contributed by atoms with Gasteiger partial charge in [0.25, 0.3) is 0 Å². The van der Waals surface area contributed by atoms with E-state index in [1.165, 1.54) is 0 Å². The van der Waals surface area contributed by atoms with Crippen LogP contribution in [0.3, 0.4) is 0 Å². The van der Waals surface area contributed by atoms with Crippen molar-refractivity contribution in [2.24, 2.45) is 7.05 Å². The van der Waals surface area contributed by atoms with Gasteiger partial charge in [0.1, 0.15) is 22.2 Å². The first kappa shape index (κ1) is 20.5. The molecule has 5 aromatic rings. The molecule has 0 radical (unpaired) electrons. The summed E-state index contributed by atoms with van der Waals surface area (Å²) < 4.78 is 4.16. The zero-order valence-corrected chi connectivity index (χ0v) is 19.2. The van der Waals surface area contributed by atoms with E-state index in [0.29, 0.717) is 0 Å². The molecule has 0 fully saturated rings. The van der Waals surface area contributed by atoms with E-state index < -0.39 is 0 Å². The largest absolute Gasteiger partial charge is 0.320 e. The Morgan fingerprint density at radius 1 is 0.875 bits per heavy atom. The summed E-state index contributed by atoms with van der Waals surface area (Å²) >= 11 is 7.75. The highest BCUT2D eigenvalue weighted by molar-refractivity contribution is 7.99. The van der Waals surface area contributed by atoms with Crippen LogP contribution < -0.4 is 0 Å². The van der Waals surface area contributed by atoms with Crippen molar-refractivity contribution in [3.05, 3.63) is 96.2 Å². The van der Waals surface area contributed by atoms with E-state index in [2.05, 4.69) is 43.4 Å². The molecule has 0 atom stereocenters. The predicted molar refractivity (Wildman–Crippen MR) is 129 cm³/mol. The van der Waals surface area contributed by atoms with Crippen LogP contribution in [0.2, 0.25) is 5.02 Å². The Balaban J connectivity index is 1.60. The summed E-state index contributed by atoms with van der Waals surface area (Å²) in [5.41, 5.74) is 3.86. The summed E-state index contributed by atoms with van der Waals surface area (Å²) in [4.78, 5) is 14.9. The summed E-state index contributed by atoms with van der Waals surface area (Å²) in [6, 6.07) is 22.1. The number of nitrogens with zero attached hydrogens (tertiary/aromatic N) is 5. The number of halogens is 1. The van der Waals surface area contributed by atoms with Crippen LogP contribution in [0.1, 0.15) is 5.82 Å². The molecular weight excluding hydrogens is 438 g/mol. The molecule has 0 unspecified atom stereocenters. The van der Waals surface area contributed by atoms with Gasteiger partial charge in [-0.1, -0.05) is 41.6 Å². The highest BCUT2D eigenvalue weighted by Crippen LogP contribution is 2.38. The van der Waals surface area contributed by atoms with Gasteiger partial charge in [-0.15, -0.1) is 0 Å². The molecule has 0 amide bonds. The lowest BCUT2D eigenvalue weighted by molar-refractivity contribution is 0.831. The number of aryl methyl sites for hydroxylation is 1. The minimum atomic E-state index is 0.721. The van der Waals surface area contributed by atoms with Gasteiger partial charge < -0.3 is 9.13 Å².